The number of nitrogens with one attached hydrogen (secondary N) is 2. The average Bonchev–Trinajstić information content (AvgIpc) is 2.67. The third-order valence-electron chi connectivity index (χ3n) is 4.99. The first-order valence-corrected chi connectivity index (χ1v) is 10.6. The Kier molecular flexibility index (Phi) is 6.09. The highest BCUT2D eigenvalue weighted by atomic mass is 32.2. The van der Waals surface area contributed by atoms with Crippen LogP contribution in [0.25, 0.3) is 0 Å². The summed E-state index contributed by atoms with van der Waals surface area (Å²) in [6.07, 6.45) is 5.88. The Morgan fingerprint density at radius 3 is 2.60 bits per heavy atom. The summed E-state index contributed by atoms with van der Waals surface area (Å²) in [4.78, 5) is 12.6. The SMILES string of the molecule is O=C(NCc1ccccc1S(=O)(=O)N1CCCCC1)C1CCCCN1. The molecule has 0 spiro atoms. The highest BCUT2D eigenvalue weighted by Crippen LogP contribution is 2.23. The van der Waals surface area contributed by atoms with Crippen LogP contribution in [0.1, 0.15) is 44.1 Å². The van der Waals surface area contributed by atoms with Gasteiger partial charge in [0, 0.05) is 19.6 Å². The van der Waals surface area contributed by atoms with Gasteiger partial charge in [0.05, 0.1) is 10.9 Å². The fourth-order valence-electron chi connectivity index (χ4n) is 3.53. The molecule has 2 aliphatic rings. The van der Waals surface area contributed by atoms with Crippen LogP contribution in [0, 0.1) is 0 Å². The molecule has 1 atom stereocenters. The number of hydrogen-bond acceptors (Lipinski definition) is 4. The van der Waals surface area contributed by atoms with E-state index in [0.717, 1.165) is 45.1 Å². The molecule has 1 unspecified atom stereocenters. The third-order valence-corrected chi connectivity index (χ3v) is 6.98. The molecule has 0 aromatic heterocycles. The smallest absolute Gasteiger partial charge is 0.243 e. The minimum Gasteiger partial charge on any atom is -0.351 e. The van der Waals surface area contributed by atoms with E-state index in [4.69, 9.17) is 0 Å². The Hall–Kier alpha value is -1.44. The first-order chi connectivity index (χ1) is 12.1. The lowest BCUT2D eigenvalue weighted by Crippen LogP contribution is -2.46. The van der Waals surface area contributed by atoms with Crippen molar-refractivity contribution in [3.63, 3.8) is 0 Å². The molecule has 2 N–H and O–H groups in total. The van der Waals surface area contributed by atoms with Gasteiger partial charge in [-0.25, -0.2) is 8.42 Å². The van der Waals surface area contributed by atoms with E-state index < -0.39 is 10.0 Å². The first kappa shape index (κ1) is 18.4. The Morgan fingerprint density at radius 2 is 1.88 bits per heavy atom. The fourth-order valence-corrected chi connectivity index (χ4v) is 5.27. The van der Waals surface area contributed by atoms with Gasteiger partial charge in [0.1, 0.15) is 0 Å². The van der Waals surface area contributed by atoms with Crippen LogP contribution in [0.15, 0.2) is 29.2 Å². The molecule has 7 heteroatoms. The lowest BCUT2D eigenvalue weighted by Gasteiger charge is -2.27. The molecule has 2 heterocycles. The van der Waals surface area contributed by atoms with E-state index in [1.165, 1.54) is 0 Å². The number of carbonyl (C=O) groups is 1. The van der Waals surface area contributed by atoms with Crippen LogP contribution in [-0.2, 0) is 21.4 Å². The van der Waals surface area contributed by atoms with Gasteiger partial charge in [-0.05, 0) is 43.9 Å². The Balaban J connectivity index is 1.71. The van der Waals surface area contributed by atoms with E-state index in [9.17, 15) is 13.2 Å². The second kappa shape index (κ2) is 8.29. The molecule has 138 valence electrons. The van der Waals surface area contributed by atoms with Crippen molar-refractivity contribution in [2.45, 2.75) is 56.0 Å². The van der Waals surface area contributed by atoms with Crippen LogP contribution in [0.2, 0.25) is 0 Å². The summed E-state index contributed by atoms with van der Waals surface area (Å²) in [6.45, 7) is 2.25. The first-order valence-electron chi connectivity index (χ1n) is 9.18. The van der Waals surface area contributed by atoms with Gasteiger partial charge in [0.2, 0.25) is 15.9 Å². The lowest BCUT2D eigenvalue weighted by atomic mass is 10.0. The molecule has 2 fully saturated rings. The van der Waals surface area contributed by atoms with Crippen LogP contribution in [0.5, 0.6) is 0 Å². The van der Waals surface area contributed by atoms with Crippen molar-refractivity contribution in [3.8, 4) is 0 Å². The second-order valence-electron chi connectivity index (χ2n) is 6.79. The summed E-state index contributed by atoms with van der Waals surface area (Å²) in [5, 5.41) is 6.11. The average molecular weight is 365 g/mol. The molecule has 2 saturated heterocycles. The van der Waals surface area contributed by atoms with Gasteiger partial charge >= 0.3 is 0 Å². The van der Waals surface area contributed by atoms with Gasteiger partial charge in [0.25, 0.3) is 0 Å². The van der Waals surface area contributed by atoms with Crippen molar-refractivity contribution in [2.24, 2.45) is 0 Å². The van der Waals surface area contributed by atoms with Crippen molar-refractivity contribution in [1.29, 1.82) is 0 Å². The quantitative estimate of drug-likeness (QED) is 0.831. The zero-order chi connectivity index (χ0) is 17.7. The number of sulfonamides is 1. The van der Waals surface area contributed by atoms with Gasteiger partial charge in [-0.15, -0.1) is 0 Å². The molecule has 25 heavy (non-hydrogen) atoms. The summed E-state index contributed by atoms with van der Waals surface area (Å²) in [5.41, 5.74) is 0.650. The predicted molar refractivity (Wildman–Crippen MR) is 96.5 cm³/mol. The topological polar surface area (TPSA) is 78.5 Å². The standard InChI is InChI=1S/C18H27N3O3S/c22-18(16-9-4-5-11-19-16)20-14-15-8-2-3-10-17(15)25(23,24)21-12-6-1-7-13-21/h2-3,8,10,16,19H,1,4-7,9,11-14H2,(H,20,22). The monoisotopic (exact) mass is 365 g/mol. The van der Waals surface area contributed by atoms with Crippen LogP contribution in [0.3, 0.4) is 0 Å². The maximum Gasteiger partial charge on any atom is 0.243 e. The van der Waals surface area contributed by atoms with Crippen molar-refractivity contribution >= 4 is 15.9 Å². The molecule has 2 aliphatic heterocycles. The van der Waals surface area contributed by atoms with Crippen molar-refractivity contribution in [2.75, 3.05) is 19.6 Å². The van der Waals surface area contributed by atoms with E-state index in [-0.39, 0.29) is 18.5 Å². The van der Waals surface area contributed by atoms with E-state index in [2.05, 4.69) is 10.6 Å². The summed E-state index contributed by atoms with van der Waals surface area (Å²) < 4.78 is 27.5. The highest BCUT2D eigenvalue weighted by molar-refractivity contribution is 7.89. The number of piperidine rings is 2. The third kappa shape index (κ3) is 4.40. The van der Waals surface area contributed by atoms with Crippen LogP contribution >= 0.6 is 0 Å². The lowest BCUT2D eigenvalue weighted by molar-refractivity contribution is -0.123. The molecule has 3 rings (SSSR count). The summed E-state index contributed by atoms with van der Waals surface area (Å²) in [6, 6.07) is 6.82. The number of benzene rings is 1. The Morgan fingerprint density at radius 1 is 1.12 bits per heavy atom. The summed E-state index contributed by atoms with van der Waals surface area (Å²) >= 11 is 0. The fraction of sp³-hybridized carbons (Fsp3) is 0.611. The van der Waals surface area contributed by atoms with E-state index in [1.807, 2.05) is 6.07 Å². The molecule has 0 bridgehead atoms. The minimum atomic E-state index is -3.50. The van der Waals surface area contributed by atoms with Gasteiger partial charge in [-0.3, -0.25) is 4.79 Å². The highest BCUT2D eigenvalue weighted by Gasteiger charge is 2.28. The Labute approximate surface area is 150 Å². The molecular weight excluding hydrogens is 338 g/mol. The van der Waals surface area contributed by atoms with E-state index >= 15 is 0 Å². The van der Waals surface area contributed by atoms with Crippen molar-refractivity contribution < 1.29 is 13.2 Å². The number of amides is 1. The zero-order valence-electron chi connectivity index (χ0n) is 14.5. The maximum atomic E-state index is 13.0. The van der Waals surface area contributed by atoms with Crippen molar-refractivity contribution in [3.05, 3.63) is 29.8 Å². The van der Waals surface area contributed by atoms with E-state index in [1.54, 1.807) is 22.5 Å². The van der Waals surface area contributed by atoms with Crippen LogP contribution in [0.4, 0.5) is 0 Å². The largest absolute Gasteiger partial charge is 0.351 e. The molecule has 1 aromatic rings. The molecule has 1 amide bonds. The van der Waals surface area contributed by atoms with Crippen LogP contribution < -0.4 is 10.6 Å². The predicted octanol–water partition coefficient (Wildman–Crippen LogP) is 1.62. The number of hydrogen-bond donors (Lipinski definition) is 2. The van der Waals surface area contributed by atoms with Crippen LogP contribution in [-0.4, -0.2) is 44.3 Å². The van der Waals surface area contributed by atoms with E-state index in [0.29, 0.717) is 23.5 Å². The van der Waals surface area contributed by atoms with Gasteiger partial charge in [-0.1, -0.05) is 31.0 Å². The van der Waals surface area contributed by atoms with Gasteiger partial charge in [0.15, 0.2) is 0 Å². The second-order valence-corrected chi connectivity index (χ2v) is 8.70. The molecular formula is C18H27N3O3S. The Bertz CT molecular complexity index is 693. The number of nitrogens with zero attached hydrogens (tertiary/aromatic N) is 1. The molecule has 1 aromatic carbocycles. The minimum absolute atomic E-state index is 0.0510. The summed E-state index contributed by atoms with van der Waals surface area (Å²) in [7, 11) is -3.50. The number of carbonyl (C=O) groups excluding carboxylic acids is 1. The molecule has 0 radical (unpaired) electrons. The van der Waals surface area contributed by atoms with Gasteiger partial charge < -0.3 is 10.6 Å². The normalized spacial score (nSPS) is 22.5. The van der Waals surface area contributed by atoms with Crippen molar-refractivity contribution in [1.82, 2.24) is 14.9 Å². The van der Waals surface area contributed by atoms with Gasteiger partial charge in [-0.2, -0.15) is 4.31 Å². The number of rotatable bonds is 5. The maximum absolute atomic E-state index is 13.0. The molecule has 0 saturated carbocycles. The summed E-state index contributed by atoms with van der Waals surface area (Å²) in [5.74, 6) is -0.0510. The molecule has 0 aliphatic carbocycles. The zero-order valence-corrected chi connectivity index (χ0v) is 15.4. The molecule has 6 nitrogen and oxygen atoms in total.